The maximum Gasteiger partial charge on any atom is 0.335 e. The molecule has 1 aliphatic heterocycles. The Bertz CT molecular complexity index is 2040. The molecule has 10 nitrogen and oxygen atoms in total. The fourth-order valence-corrected chi connectivity index (χ4v) is 7.62. The molecule has 2 aromatic carbocycles. The van der Waals surface area contributed by atoms with Crippen molar-refractivity contribution in [2.75, 3.05) is 13.7 Å². The molecule has 3 unspecified atom stereocenters. The van der Waals surface area contributed by atoms with Crippen molar-refractivity contribution in [3.8, 4) is 28.5 Å². The van der Waals surface area contributed by atoms with E-state index in [-0.39, 0.29) is 23.6 Å². The van der Waals surface area contributed by atoms with Gasteiger partial charge in [-0.15, -0.1) is 0 Å². The van der Waals surface area contributed by atoms with E-state index in [1.807, 2.05) is 53.8 Å². The van der Waals surface area contributed by atoms with Gasteiger partial charge in [-0.2, -0.15) is 0 Å². The fourth-order valence-electron chi connectivity index (χ4n) is 7.62. The molecule has 0 spiro atoms. The highest BCUT2D eigenvalue weighted by Crippen LogP contribution is 2.40. The standard InChI is InChI=1S/C35H36N6O4/c1-18-23(5-4-6-24(18)35(43)44)25-11-9-20-14-28(40(32(20)37-25)16-19-7-8-19)33-38-26-13-22(15-29(45-3)31(26)39(33)2)34(42)41-17-21-10-12-27(41)30(21)36/h4-6,9,11,13-15,19,21,27,30H,7-8,10,12,16-17,36H2,1-3H3,(H,43,44). The molecule has 3 fully saturated rings. The van der Waals surface area contributed by atoms with Crippen LogP contribution in [0.5, 0.6) is 5.75 Å². The van der Waals surface area contributed by atoms with E-state index in [4.69, 9.17) is 20.4 Å². The number of amides is 1. The van der Waals surface area contributed by atoms with E-state index in [0.29, 0.717) is 40.8 Å². The van der Waals surface area contributed by atoms with Crippen LogP contribution < -0.4 is 10.5 Å². The Morgan fingerprint density at radius 1 is 1.07 bits per heavy atom. The number of aryl methyl sites for hydroxylation is 1. The molecule has 45 heavy (non-hydrogen) atoms. The molecular formula is C35H36N6O4. The number of aromatic carboxylic acids is 1. The summed E-state index contributed by atoms with van der Waals surface area (Å²) in [6.07, 6.45) is 4.38. The zero-order valence-corrected chi connectivity index (χ0v) is 25.7. The number of aromatic nitrogens is 4. The summed E-state index contributed by atoms with van der Waals surface area (Å²) in [7, 11) is 3.60. The van der Waals surface area contributed by atoms with Crippen LogP contribution in [0.4, 0.5) is 0 Å². The van der Waals surface area contributed by atoms with Crippen LogP contribution in [0.3, 0.4) is 0 Å². The van der Waals surface area contributed by atoms with Crippen LogP contribution >= 0.6 is 0 Å². The van der Waals surface area contributed by atoms with Gasteiger partial charge >= 0.3 is 5.97 Å². The summed E-state index contributed by atoms with van der Waals surface area (Å²) in [5.74, 6) is 1.33. The zero-order valence-electron chi connectivity index (χ0n) is 25.7. The summed E-state index contributed by atoms with van der Waals surface area (Å²) in [5.41, 5.74) is 12.8. The average molecular weight is 605 g/mol. The topological polar surface area (TPSA) is 129 Å². The molecule has 5 aromatic rings. The number of imidazole rings is 1. The van der Waals surface area contributed by atoms with Crippen LogP contribution in [-0.2, 0) is 13.6 Å². The van der Waals surface area contributed by atoms with Gasteiger partial charge in [-0.25, -0.2) is 14.8 Å². The third-order valence-electron chi connectivity index (χ3n) is 10.3. The van der Waals surface area contributed by atoms with E-state index in [1.165, 1.54) is 12.8 Å². The third kappa shape index (κ3) is 4.34. The summed E-state index contributed by atoms with van der Waals surface area (Å²) in [4.78, 5) is 37.7. The van der Waals surface area contributed by atoms with Crippen LogP contribution in [0.15, 0.2) is 48.5 Å². The van der Waals surface area contributed by atoms with Gasteiger partial charge in [0.15, 0.2) is 5.82 Å². The number of hydrogen-bond acceptors (Lipinski definition) is 6. The summed E-state index contributed by atoms with van der Waals surface area (Å²) in [6.45, 7) is 3.34. The number of hydrogen-bond donors (Lipinski definition) is 2. The quantitative estimate of drug-likeness (QED) is 0.260. The monoisotopic (exact) mass is 604 g/mol. The van der Waals surface area contributed by atoms with E-state index in [9.17, 15) is 14.7 Å². The number of rotatable bonds is 7. The number of carbonyl (C=O) groups is 2. The fraction of sp³-hybridized carbons (Fsp3) is 0.371. The number of carboxylic acid groups (broad SMARTS) is 1. The van der Waals surface area contributed by atoms with Gasteiger partial charge < -0.3 is 29.6 Å². The molecule has 8 rings (SSSR count). The molecular weight excluding hydrogens is 568 g/mol. The Hall–Kier alpha value is -4.70. The van der Waals surface area contributed by atoms with Crippen molar-refractivity contribution in [1.29, 1.82) is 0 Å². The van der Waals surface area contributed by atoms with Gasteiger partial charge in [0, 0.05) is 48.7 Å². The predicted molar refractivity (Wildman–Crippen MR) is 171 cm³/mol. The van der Waals surface area contributed by atoms with Gasteiger partial charge in [-0.1, -0.05) is 12.1 Å². The molecule has 230 valence electrons. The number of nitrogens with two attached hydrogens (primary N) is 1. The molecule has 10 heteroatoms. The van der Waals surface area contributed by atoms with Gasteiger partial charge in [0.2, 0.25) is 0 Å². The van der Waals surface area contributed by atoms with Crippen LogP contribution in [0, 0.1) is 18.8 Å². The summed E-state index contributed by atoms with van der Waals surface area (Å²) >= 11 is 0. The number of fused-ring (bicyclic) bond motifs is 4. The molecule has 3 aliphatic rings. The van der Waals surface area contributed by atoms with Crippen LogP contribution in [0.2, 0.25) is 0 Å². The van der Waals surface area contributed by atoms with Crippen molar-refractivity contribution in [1.82, 2.24) is 24.0 Å². The van der Waals surface area contributed by atoms with Gasteiger partial charge in [0.1, 0.15) is 16.9 Å². The average Bonchev–Trinajstić information content (AvgIpc) is 3.44. The molecule has 1 amide bonds. The molecule has 4 heterocycles. The van der Waals surface area contributed by atoms with Crippen LogP contribution in [-0.4, -0.2) is 66.7 Å². The van der Waals surface area contributed by atoms with Gasteiger partial charge in [0.05, 0.1) is 29.6 Å². The molecule has 2 saturated carbocycles. The van der Waals surface area contributed by atoms with E-state index in [2.05, 4.69) is 10.6 Å². The number of piperidine rings is 1. The van der Waals surface area contributed by atoms with Gasteiger partial charge in [-0.3, -0.25) is 4.79 Å². The Balaban J connectivity index is 1.25. The lowest BCUT2D eigenvalue weighted by Gasteiger charge is -2.27. The number of nitrogens with zero attached hydrogens (tertiary/aromatic N) is 5. The molecule has 3 N–H and O–H groups in total. The number of methoxy groups -OCH3 is 1. The minimum Gasteiger partial charge on any atom is -0.494 e. The Morgan fingerprint density at radius 3 is 2.58 bits per heavy atom. The van der Waals surface area contributed by atoms with Crippen LogP contribution in [0.1, 0.15) is 52.0 Å². The summed E-state index contributed by atoms with van der Waals surface area (Å²) < 4.78 is 10.1. The second-order valence-corrected chi connectivity index (χ2v) is 13.0. The highest BCUT2D eigenvalue weighted by molar-refractivity contribution is 6.00. The highest BCUT2D eigenvalue weighted by Gasteiger charge is 2.47. The number of benzene rings is 2. The number of carbonyl (C=O) groups excluding carboxylic acids is 1. The first kappa shape index (κ1) is 27.8. The van der Waals surface area contributed by atoms with E-state index in [0.717, 1.165) is 58.7 Å². The van der Waals surface area contributed by atoms with Crippen molar-refractivity contribution in [2.24, 2.45) is 24.6 Å². The first-order chi connectivity index (χ1) is 21.7. The van der Waals surface area contributed by atoms with E-state index in [1.54, 1.807) is 19.2 Å². The smallest absolute Gasteiger partial charge is 0.335 e. The Kier molecular flexibility index (Phi) is 6.29. The highest BCUT2D eigenvalue weighted by atomic mass is 16.5. The molecule has 1 saturated heterocycles. The largest absolute Gasteiger partial charge is 0.494 e. The number of likely N-dealkylation sites (tertiary alicyclic amines) is 1. The molecule has 3 aromatic heterocycles. The maximum absolute atomic E-state index is 13.7. The summed E-state index contributed by atoms with van der Waals surface area (Å²) in [6, 6.07) is 15.3. The van der Waals surface area contributed by atoms with Gasteiger partial charge in [-0.05, 0) is 86.4 Å². The van der Waals surface area contributed by atoms with Crippen molar-refractivity contribution in [3.63, 3.8) is 0 Å². The lowest BCUT2D eigenvalue weighted by molar-refractivity contribution is 0.0689. The number of ether oxygens (including phenoxy) is 1. The minimum atomic E-state index is -0.951. The lowest BCUT2D eigenvalue weighted by atomic mass is 9.99. The molecule has 2 bridgehead atoms. The van der Waals surface area contributed by atoms with Crippen LogP contribution in [0.25, 0.3) is 44.8 Å². The normalized spacial score (nSPS) is 20.9. The first-order valence-electron chi connectivity index (χ1n) is 15.7. The SMILES string of the molecule is COc1cc(C(=O)N2CC3CCC2C3N)cc2nc(-c3cc4ccc(-c5cccc(C(=O)O)c5C)nc4n3CC3CC3)n(C)c12. The number of carboxylic acids is 1. The van der Waals surface area contributed by atoms with Crippen molar-refractivity contribution in [3.05, 3.63) is 65.2 Å². The van der Waals surface area contributed by atoms with Crippen molar-refractivity contribution >= 4 is 33.9 Å². The Labute approximate surface area is 260 Å². The minimum absolute atomic E-state index is 0.0214. The number of pyridine rings is 1. The molecule has 0 radical (unpaired) electrons. The maximum atomic E-state index is 13.7. The van der Waals surface area contributed by atoms with Crippen molar-refractivity contribution < 1.29 is 19.4 Å². The second kappa shape index (κ2) is 10.2. The molecule has 3 atom stereocenters. The predicted octanol–water partition coefficient (Wildman–Crippen LogP) is 5.24. The third-order valence-corrected chi connectivity index (χ3v) is 10.3. The van der Waals surface area contributed by atoms with E-state index < -0.39 is 5.97 Å². The zero-order chi connectivity index (χ0) is 31.1. The summed E-state index contributed by atoms with van der Waals surface area (Å²) in [5, 5.41) is 10.7. The molecule has 2 aliphatic carbocycles. The van der Waals surface area contributed by atoms with Crippen molar-refractivity contribution in [2.45, 2.75) is 51.2 Å². The second-order valence-electron chi connectivity index (χ2n) is 13.0. The first-order valence-corrected chi connectivity index (χ1v) is 15.7. The van der Waals surface area contributed by atoms with E-state index >= 15 is 0 Å². The lowest BCUT2D eigenvalue weighted by Crippen LogP contribution is -2.41. The Morgan fingerprint density at radius 2 is 1.89 bits per heavy atom. The van der Waals surface area contributed by atoms with Gasteiger partial charge in [0.25, 0.3) is 5.91 Å².